The third-order valence-electron chi connectivity index (χ3n) is 4.98. The van der Waals surface area contributed by atoms with Gasteiger partial charge in [0.05, 0.1) is 12.3 Å². The molecule has 1 amide bonds. The lowest BCUT2D eigenvalue weighted by atomic mass is 10.0. The normalized spacial score (nSPS) is 12.0. The molecule has 12 heteroatoms. The van der Waals surface area contributed by atoms with E-state index in [4.69, 9.17) is 10.5 Å². The highest BCUT2D eigenvalue weighted by molar-refractivity contribution is 7.92. The number of nitrogens with one attached hydrogen (secondary N) is 2. The third kappa shape index (κ3) is 6.27. The number of carbonyl (C=O) groups is 2. The van der Waals surface area contributed by atoms with Crippen LogP contribution in [0.2, 0.25) is 0 Å². The minimum absolute atomic E-state index is 0.0465. The molecule has 0 aromatic heterocycles. The van der Waals surface area contributed by atoms with Crippen molar-refractivity contribution in [3.63, 3.8) is 0 Å². The van der Waals surface area contributed by atoms with Crippen LogP contribution in [0.4, 0.5) is 20.2 Å². The van der Waals surface area contributed by atoms with Crippen molar-refractivity contribution < 1.29 is 36.6 Å². The van der Waals surface area contributed by atoms with Crippen molar-refractivity contribution in [1.29, 1.82) is 0 Å². The summed E-state index contributed by atoms with van der Waals surface area (Å²) in [6, 6.07) is 11.7. The van der Waals surface area contributed by atoms with E-state index in [1.807, 2.05) is 0 Å². The Balaban J connectivity index is 1.82. The minimum atomic E-state index is -4.30. The highest BCUT2D eigenvalue weighted by Crippen LogP contribution is 2.27. The summed E-state index contributed by atoms with van der Waals surface area (Å²) in [7, 11) is -4.30. The SMILES string of the molecule is CCOc1ccccc1S(=O)(=O)Nc1cc(F)c(C(=O)N[C@@H](Cc2ccc(N)cc2)C(=O)O)c(F)c1. The van der Waals surface area contributed by atoms with Crippen LogP contribution in [0.3, 0.4) is 0 Å². The number of nitrogens with two attached hydrogens (primary N) is 1. The van der Waals surface area contributed by atoms with E-state index in [2.05, 4.69) is 10.0 Å². The number of para-hydroxylation sites is 1. The van der Waals surface area contributed by atoms with Gasteiger partial charge in [0, 0.05) is 12.1 Å². The third-order valence-corrected chi connectivity index (χ3v) is 6.40. The first-order chi connectivity index (χ1) is 17.0. The van der Waals surface area contributed by atoms with Crippen LogP contribution in [-0.4, -0.2) is 38.0 Å². The topological polar surface area (TPSA) is 148 Å². The van der Waals surface area contributed by atoms with Crippen LogP contribution in [0.5, 0.6) is 5.75 Å². The maximum absolute atomic E-state index is 14.7. The van der Waals surface area contributed by atoms with Crippen molar-refractivity contribution in [2.24, 2.45) is 0 Å². The van der Waals surface area contributed by atoms with Crippen LogP contribution in [-0.2, 0) is 21.2 Å². The van der Waals surface area contributed by atoms with Gasteiger partial charge in [0.2, 0.25) is 0 Å². The van der Waals surface area contributed by atoms with Gasteiger partial charge in [0.1, 0.15) is 33.9 Å². The van der Waals surface area contributed by atoms with Gasteiger partial charge in [-0.15, -0.1) is 0 Å². The van der Waals surface area contributed by atoms with Crippen molar-refractivity contribution in [3.05, 3.63) is 83.4 Å². The quantitative estimate of drug-likeness (QED) is 0.301. The number of anilines is 2. The molecule has 5 N–H and O–H groups in total. The fourth-order valence-corrected chi connectivity index (χ4v) is 4.51. The summed E-state index contributed by atoms with van der Waals surface area (Å²) in [4.78, 5) is 23.9. The summed E-state index contributed by atoms with van der Waals surface area (Å²) in [5.41, 5.74) is 5.03. The van der Waals surface area contributed by atoms with Crippen molar-refractivity contribution in [2.75, 3.05) is 17.1 Å². The number of rotatable bonds is 10. The van der Waals surface area contributed by atoms with Gasteiger partial charge < -0.3 is 20.9 Å². The second kappa shape index (κ2) is 11.0. The number of ether oxygens (including phenoxy) is 1. The number of amides is 1. The average Bonchev–Trinajstić information content (AvgIpc) is 2.79. The largest absolute Gasteiger partial charge is 0.492 e. The summed E-state index contributed by atoms with van der Waals surface area (Å²) in [6.45, 7) is 1.85. The van der Waals surface area contributed by atoms with Crippen LogP contribution in [0.25, 0.3) is 0 Å². The fraction of sp³-hybridized carbons (Fsp3) is 0.167. The van der Waals surface area contributed by atoms with Crippen molar-refractivity contribution in [3.8, 4) is 5.75 Å². The van der Waals surface area contributed by atoms with Crippen LogP contribution in [0, 0.1) is 11.6 Å². The Morgan fingerprint density at radius 2 is 1.67 bits per heavy atom. The Morgan fingerprint density at radius 3 is 2.25 bits per heavy atom. The number of carboxylic acid groups (broad SMARTS) is 1. The molecule has 36 heavy (non-hydrogen) atoms. The van der Waals surface area contributed by atoms with E-state index in [-0.39, 0.29) is 23.7 Å². The molecular weight excluding hydrogens is 496 g/mol. The number of hydrogen-bond donors (Lipinski definition) is 4. The maximum atomic E-state index is 14.7. The van der Waals surface area contributed by atoms with E-state index in [9.17, 15) is 31.9 Å². The predicted octanol–water partition coefficient (Wildman–Crippen LogP) is 3.17. The molecule has 0 heterocycles. The summed E-state index contributed by atoms with van der Waals surface area (Å²) in [6.07, 6.45) is -0.165. The number of benzene rings is 3. The Kier molecular flexibility index (Phi) is 8.10. The molecule has 0 aliphatic carbocycles. The van der Waals surface area contributed by atoms with Gasteiger partial charge in [-0.25, -0.2) is 22.0 Å². The Bertz CT molecular complexity index is 1360. The van der Waals surface area contributed by atoms with Crippen molar-refractivity contribution >= 4 is 33.3 Å². The number of halogens is 2. The van der Waals surface area contributed by atoms with E-state index in [1.165, 1.54) is 18.2 Å². The molecule has 0 bridgehead atoms. The average molecular weight is 520 g/mol. The molecule has 0 spiro atoms. The molecule has 9 nitrogen and oxygen atoms in total. The first-order valence-electron chi connectivity index (χ1n) is 10.6. The second-order valence-electron chi connectivity index (χ2n) is 7.61. The van der Waals surface area contributed by atoms with Gasteiger partial charge in [-0.2, -0.15) is 0 Å². The predicted molar refractivity (Wildman–Crippen MR) is 128 cm³/mol. The van der Waals surface area contributed by atoms with E-state index in [0.29, 0.717) is 23.4 Å². The molecule has 190 valence electrons. The zero-order chi connectivity index (χ0) is 26.5. The standard InChI is InChI=1S/C24H23F2N3O6S/c1-2-35-20-5-3-4-6-21(20)36(33,34)29-16-12-17(25)22(18(26)13-16)23(30)28-19(24(31)32)11-14-7-9-15(27)10-8-14/h3-10,12-13,19,29H,2,11,27H2,1H3,(H,28,30)(H,31,32)/t19-/m0/s1. The van der Waals surface area contributed by atoms with Gasteiger partial charge in [-0.05, 0) is 48.9 Å². The molecule has 0 radical (unpaired) electrons. The van der Waals surface area contributed by atoms with E-state index >= 15 is 0 Å². The number of nitrogen functional groups attached to an aromatic ring is 1. The molecule has 0 saturated heterocycles. The Labute approximate surface area is 205 Å². The minimum Gasteiger partial charge on any atom is -0.492 e. The molecule has 0 saturated carbocycles. The van der Waals surface area contributed by atoms with Crippen LogP contribution < -0.4 is 20.5 Å². The Morgan fingerprint density at radius 1 is 1.06 bits per heavy atom. The zero-order valence-electron chi connectivity index (χ0n) is 19.0. The second-order valence-corrected chi connectivity index (χ2v) is 9.26. The summed E-state index contributed by atoms with van der Waals surface area (Å²) < 4.78 is 62.4. The summed E-state index contributed by atoms with van der Waals surface area (Å²) in [5.74, 6) is -5.47. The van der Waals surface area contributed by atoms with E-state index in [1.54, 1.807) is 37.3 Å². The molecule has 0 unspecified atom stereocenters. The Hall–Kier alpha value is -4.19. The van der Waals surface area contributed by atoms with Gasteiger partial charge in [0.25, 0.3) is 15.9 Å². The molecule has 0 aliphatic heterocycles. The monoisotopic (exact) mass is 519 g/mol. The molecule has 3 aromatic carbocycles. The number of hydrogen-bond acceptors (Lipinski definition) is 6. The van der Waals surface area contributed by atoms with Gasteiger partial charge in [0.15, 0.2) is 0 Å². The maximum Gasteiger partial charge on any atom is 0.326 e. The summed E-state index contributed by atoms with van der Waals surface area (Å²) >= 11 is 0. The number of carboxylic acids is 1. The number of carbonyl (C=O) groups excluding carboxylic acids is 1. The van der Waals surface area contributed by atoms with Crippen molar-refractivity contribution in [1.82, 2.24) is 5.32 Å². The number of sulfonamides is 1. The fourth-order valence-electron chi connectivity index (χ4n) is 3.33. The molecule has 0 fully saturated rings. The van der Waals surface area contributed by atoms with E-state index in [0.717, 1.165) is 0 Å². The van der Waals surface area contributed by atoms with Crippen molar-refractivity contribution in [2.45, 2.75) is 24.3 Å². The van der Waals surface area contributed by atoms with Gasteiger partial charge >= 0.3 is 5.97 Å². The molecule has 3 rings (SSSR count). The van der Waals surface area contributed by atoms with Crippen LogP contribution >= 0.6 is 0 Å². The number of aliphatic carboxylic acids is 1. The first-order valence-corrected chi connectivity index (χ1v) is 12.1. The van der Waals surface area contributed by atoms with Crippen LogP contribution in [0.1, 0.15) is 22.8 Å². The van der Waals surface area contributed by atoms with Gasteiger partial charge in [-0.3, -0.25) is 9.52 Å². The highest BCUT2D eigenvalue weighted by atomic mass is 32.2. The first kappa shape index (κ1) is 26.4. The molecule has 3 aromatic rings. The zero-order valence-corrected chi connectivity index (χ0v) is 19.8. The molecule has 1 atom stereocenters. The molecule has 0 aliphatic rings. The van der Waals surface area contributed by atoms with Gasteiger partial charge in [-0.1, -0.05) is 24.3 Å². The lowest BCUT2D eigenvalue weighted by molar-refractivity contribution is -0.139. The smallest absolute Gasteiger partial charge is 0.326 e. The summed E-state index contributed by atoms with van der Waals surface area (Å²) in [5, 5.41) is 11.5. The van der Waals surface area contributed by atoms with Crippen LogP contribution in [0.15, 0.2) is 65.6 Å². The lowest BCUT2D eigenvalue weighted by Crippen LogP contribution is -2.43. The van der Waals surface area contributed by atoms with E-state index < -0.39 is 50.8 Å². The molecular formula is C24H23F2N3O6S. The highest BCUT2D eigenvalue weighted by Gasteiger charge is 2.27. The lowest BCUT2D eigenvalue weighted by Gasteiger charge is -2.16.